The van der Waals surface area contributed by atoms with Crippen molar-refractivity contribution in [3.8, 4) is 0 Å². The Morgan fingerprint density at radius 2 is 2.35 bits per heavy atom. The predicted octanol–water partition coefficient (Wildman–Crippen LogP) is 2.06. The number of aliphatic hydroxyl groups excluding tert-OH is 1. The van der Waals surface area contributed by atoms with Crippen molar-refractivity contribution in [2.75, 3.05) is 27.2 Å². The molecule has 1 saturated heterocycles. The molecule has 6 heteroatoms. The molecule has 0 amide bonds. The molecule has 0 spiro atoms. The van der Waals surface area contributed by atoms with E-state index in [0.29, 0.717) is 0 Å². The van der Waals surface area contributed by atoms with Gasteiger partial charge in [-0.15, -0.1) is 0 Å². The van der Waals surface area contributed by atoms with E-state index in [0.717, 1.165) is 42.7 Å². The Bertz CT molecular complexity index is 436. The Balaban J connectivity index is 2.16. The molecule has 3 unspecified atom stereocenters. The third-order valence-corrected chi connectivity index (χ3v) is 4.55. The van der Waals surface area contributed by atoms with Crippen molar-refractivity contribution >= 4 is 15.9 Å². The zero-order valence-corrected chi connectivity index (χ0v) is 14.0. The smallest absolute Gasteiger partial charge is 0.102 e. The number of ether oxygens (including phenoxy) is 1. The lowest BCUT2D eigenvalue weighted by molar-refractivity contribution is 0.0264. The molecule has 1 aromatic rings. The summed E-state index contributed by atoms with van der Waals surface area (Å²) in [6.45, 7) is 4.51. The van der Waals surface area contributed by atoms with E-state index in [1.54, 1.807) is 6.20 Å². The molecular formula is C14H24BrN3O2. The maximum atomic E-state index is 10.8. The van der Waals surface area contributed by atoms with Gasteiger partial charge in [-0.05, 0) is 42.9 Å². The normalized spacial score (nSPS) is 24.5. The van der Waals surface area contributed by atoms with Crippen LogP contribution >= 0.6 is 15.9 Å². The van der Waals surface area contributed by atoms with E-state index in [4.69, 9.17) is 4.74 Å². The van der Waals surface area contributed by atoms with E-state index in [2.05, 4.69) is 32.9 Å². The van der Waals surface area contributed by atoms with Gasteiger partial charge in [-0.25, -0.2) is 0 Å². The number of likely N-dealkylation sites (N-methyl/N-ethyl adjacent to an activating group) is 1. The second-order valence-electron chi connectivity index (χ2n) is 5.62. The van der Waals surface area contributed by atoms with Crippen LogP contribution in [0.3, 0.4) is 0 Å². The quantitative estimate of drug-likeness (QED) is 0.857. The summed E-state index contributed by atoms with van der Waals surface area (Å²) in [5.74, 6) is 0.158. The first-order valence-corrected chi connectivity index (χ1v) is 7.99. The molecule has 2 heterocycles. The molecule has 0 aliphatic carbocycles. The minimum Gasteiger partial charge on any atom is -0.386 e. The number of aromatic nitrogens is 2. The summed E-state index contributed by atoms with van der Waals surface area (Å²) in [7, 11) is 4.07. The molecule has 3 atom stereocenters. The van der Waals surface area contributed by atoms with Crippen molar-refractivity contribution in [3.05, 3.63) is 16.4 Å². The van der Waals surface area contributed by atoms with Gasteiger partial charge in [0.05, 0.1) is 29.0 Å². The lowest BCUT2D eigenvalue weighted by Gasteiger charge is -2.24. The van der Waals surface area contributed by atoms with Gasteiger partial charge in [0.2, 0.25) is 0 Å². The van der Waals surface area contributed by atoms with Gasteiger partial charge in [0.15, 0.2) is 0 Å². The van der Waals surface area contributed by atoms with Crippen LogP contribution in [0.1, 0.15) is 31.6 Å². The maximum absolute atomic E-state index is 10.8. The van der Waals surface area contributed by atoms with Gasteiger partial charge in [-0.2, -0.15) is 5.10 Å². The number of rotatable bonds is 6. The topological polar surface area (TPSA) is 50.5 Å². The average Bonchev–Trinajstić information content (AvgIpc) is 3.01. The summed E-state index contributed by atoms with van der Waals surface area (Å²) >= 11 is 3.52. The highest BCUT2D eigenvalue weighted by Crippen LogP contribution is 2.37. The SMILES string of the molecule is CCC1OCCC1C(O)c1c(Br)cnn1CCN(C)C. The van der Waals surface area contributed by atoms with Gasteiger partial charge >= 0.3 is 0 Å². The number of halogens is 1. The third kappa shape index (κ3) is 3.42. The predicted molar refractivity (Wildman–Crippen MR) is 81.6 cm³/mol. The van der Waals surface area contributed by atoms with E-state index >= 15 is 0 Å². The number of nitrogens with zero attached hydrogens (tertiary/aromatic N) is 3. The Labute approximate surface area is 129 Å². The molecule has 2 rings (SSSR count). The largest absolute Gasteiger partial charge is 0.386 e. The highest BCUT2D eigenvalue weighted by Gasteiger charge is 2.36. The summed E-state index contributed by atoms with van der Waals surface area (Å²) in [5, 5.41) is 15.1. The zero-order chi connectivity index (χ0) is 14.7. The Morgan fingerprint density at radius 1 is 1.60 bits per heavy atom. The van der Waals surface area contributed by atoms with Crippen LogP contribution in [0.2, 0.25) is 0 Å². The van der Waals surface area contributed by atoms with E-state index < -0.39 is 6.10 Å². The highest BCUT2D eigenvalue weighted by molar-refractivity contribution is 9.10. The molecule has 0 saturated carbocycles. The minimum atomic E-state index is -0.526. The molecular weight excluding hydrogens is 322 g/mol. The molecule has 5 nitrogen and oxygen atoms in total. The molecule has 0 bridgehead atoms. The van der Waals surface area contributed by atoms with Gasteiger partial charge in [0, 0.05) is 19.1 Å². The Kier molecular flexibility index (Phi) is 5.60. The first kappa shape index (κ1) is 15.9. The highest BCUT2D eigenvalue weighted by atomic mass is 79.9. The Morgan fingerprint density at radius 3 is 3.00 bits per heavy atom. The van der Waals surface area contributed by atoms with Crippen LogP contribution < -0.4 is 0 Å². The minimum absolute atomic E-state index is 0.147. The molecule has 1 aliphatic heterocycles. The zero-order valence-electron chi connectivity index (χ0n) is 12.4. The van der Waals surface area contributed by atoms with Crippen LogP contribution in [0.5, 0.6) is 0 Å². The molecule has 0 radical (unpaired) electrons. The van der Waals surface area contributed by atoms with Gasteiger partial charge in [0.1, 0.15) is 6.10 Å². The van der Waals surface area contributed by atoms with E-state index in [-0.39, 0.29) is 12.0 Å². The monoisotopic (exact) mass is 345 g/mol. The Hall–Kier alpha value is -0.430. The molecule has 0 aromatic carbocycles. The molecule has 1 fully saturated rings. The van der Waals surface area contributed by atoms with Crippen LogP contribution in [0.15, 0.2) is 10.7 Å². The van der Waals surface area contributed by atoms with Crippen LogP contribution in [0.25, 0.3) is 0 Å². The van der Waals surface area contributed by atoms with Crippen molar-refractivity contribution in [2.24, 2.45) is 5.92 Å². The maximum Gasteiger partial charge on any atom is 0.102 e. The van der Waals surface area contributed by atoms with E-state index in [1.165, 1.54) is 0 Å². The van der Waals surface area contributed by atoms with Crippen LogP contribution in [0.4, 0.5) is 0 Å². The van der Waals surface area contributed by atoms with Crippen molar-refractivity contribution in [3.63, 3.8) is 0 Å². The number of aliphatic hydroxyl groups is 1. The van der Waals surface area contributed by atoms with E-state index in [9.17, 15) is 5.11 Å². The van der Waals surface area contributed by atoms with Crippen molar-refractivity contribution in [2.45, 2.75) is 38.5 Å². The second kappa shape index (κ2) is 7.02. The number of hydrogen-bond donors (Lipinski definition) is 1. The summed E-state index contributed by atoms with van der Waals surface area (Å²) in [5.41, 5.74) is 0.876. The molecule has 1 aliphatic rings. The van der Waals surface area contributed by atoms with E-state index in [1.807, 2.05) is 18.8 Å². The van der Waals surface area contributed by atoms with Gasteiger partial charge < -0.3 is 14.7 Å². The first-order valence-electron chi connectivity index (χ1n) is 7.20. The first-order chi connectivity index (χ1) is 9.54. The van der Waals surface area contributed by atoms with Crippen molar-refractivity contribution in [1.82, 2.24) is 14.7 Å². The third-order valence-electron chi connectivity index (χ3n) is 3.94. The van der Waals surface area contributed by atoms with Gasteiger partial charge in [0.25, 0.3) is 0 Å². The molecule has 20 heavy (non-hydrogen) atoms. The second-order valence-corrected chi connectivity index (χ2v) is 6.47. The van der Waals surface area contributed by atoms with Crippen LogP contribution in [-0.2, 0) is 11.3 Å². The summed E-state index contributed by atoms with van der Waals surface area (Å²) < 4.78 is 8.48. The standard InChI is InChI=1S/C14H24BrN3O2/c1-4-12-10(5-8-20-12)14(19)13-11(15)9-16-18(13)7-6-17(2)3/h9-10,12,14,19H,4-8H2,1-3H3. The van der Waals surface area contributed by atoms with Crippen molar-refractivity contribution in [1.29, 1.82) is 0 Å². The van der Waals surface area contributed by atoms with Crippen molar-refractivity contribution < 1.29 is 9.84 Å². The number of hydrogen-bond acceptors (Lipinski definition) is 4. The average molecular weight is 346 g/mol. The lowest BCUT2D eigenvalue weighted by atomic mass is 9.91. The summed E-state index contributed by atoms with van der Waals surface area (Å²) in [6, 6.07) is 0. The molecule has 114 valence electrons. The fourth-order valence-corrected chi connectivity index (χ4v) is 3.32. The van der Waals surface area contributed by atoms with Gasteiger partial charge in [-0.1, -0.05) is 6.92 Å². The summed E-state index contributed by atoms with van der Waals surface area (Å²) in [4.78, 5) is 2.11. The molecule has 1 N–H and O–H groups in total. The lowest BCUT2D eigenvalue weighted by Crippen LogP contribution is -2.26. The fourth-order valence-electron chi connectivity index (χ4n) is 2.79. The van der Waals surface area contributed by atoms with Crippen LogP contribution in [0, 0.1) is 5.92 Å². The molecule has 1 aromatic heterocycles. The fraction of sp³-hybridized carbons (Fsp3) is 0.786. The van der Waals surface area contributed by atoms with Gasteiger partial charge in [-0.3, -0.25) is 4.68 Å². The van der Waals surface area contributed by atoms with Crippen LogP contribution in [-0.4, -0.2) is 53.1 Å². The summed E-state index contributed by atoms with van der Waals surface area (Å²) in [6.07, 6.45) is 3.23.